The minimum absolute atomic E-state index is 0.0155. The van der Waals surface area contributed by atoms with Crippen molar-refractivity contribution in [2.75, 3.05) is 13.7 Å². The maximum absolute atomic E-state index is 13.5. The zero-order valence-electron chi connectivity index (χ0n) is 16.1. The summed E-state index contributed by atoms with van der Waals surface area (Å²) in [6, 6.07) is 11.2. The van der Waals surface area contributed by atoms with E-state index in [4.69, 9.17) is 14.5 Å². The van der Waals surface area contributed by atoms with Gasteiger partial charge in [0.25, 0.3) is 11.8 Å². The predicted octanol–water partition coefficient (Wildman–Crippen LogP) is 2.99. The maximum Gasteiger partial charge on any atom is 0.297 e. The van der Waals surface area contributed by atoms with Crippen LogP contribution in [0.25, 0.3) is 11.6 Å². The van der Waals surface area contributed by atoms with Crippen molar-refractivity contribution in [2.45, 2.75) is 13.0 Å². The molecule has 2 aromatic heterocycles. The Kier molecular flexibility index (Phi) is 5.64. The average Bonchev–Trinajstić information content (AvgIpc) is 3.46. The van der Waals surface area contributed by atoms with Gasteiger partial charge in [0.2, 0.25) is 0 Å². The van der Waals surface area contributed by atoms with Crippen molar-refractivity contribution >= 4 is 34.8 Å². The number of benzene rings is 1. The molecule has 2 N–H and O–H groups in total. The molecule has 0 bridgehead atoms. The van der Waals surface area contributed by atoms with E-state index >= 15 is 0 Å². The van der Waals surface area contributed by atoms with Gasteiger partial charge in [-0.2, -0.15) is 0 Å². The minimum atomic E-state index is -0.765. The van der Waals surface area contributed by atoms with Crippen LogP contribution in [0.1, 0.15) is 32.3 Å². The zero-order valence-corrected chi connectivity index (χ0v) is 16.9. The highest BCUT2D eigenvalue weighted by atomic mass is 32.1. The quantitative estimate of drug-likeness (QED) is 0.370. The van der Waals surface area contributed by atoms with E-state index < -0.39 is 5.91 Å². The number of carbonyl (C=O) groups excluding carboxylic acids is 2. The van der Waals surface area contributed by atoms with Crippen molar-refractivity contribution in [1.82, 2.24) is 15.5 Å². The molecule has 1 aliphatic heterocycles. The Hall–Kier alpha value is -3.43. The van der Waals surface area contributed by atoms with Crippen molar-refractivity contribution in [3.63, 3.8) is 0 Å². The number of rotatable bonds is 5. The molecular formula is C21H19N3O5S. The lowest BCUT2D eigenvalue weighted by Crippen LogP contribution is -2.37. The van der Waals surface area contributed by atoms with E-state index in [1.165, 1.54) is 11.3 Å². The fourth-order valence-electron chi connectivity index (χ4n) is 3.34. The van der Waals surface area contributed by atoms with Gasteiger partial charge in [-0.15, -0.1) is 11.3 Å². The number of methoxy groups -OCH3 is 1. The lowest BCUT2D eigenvalue weighted by atomic mass is 10.0. The molecule has 154 valence electrons. The van der Waals surface area contributed by atoms with Gasteiger partial charge in [-0.3, -0.25) is 14.8 Å². The second kappa shape index (κ2) is 8.52. The molecule has 0 fully saturated rings. The summed E-state index contributed by atoms with van der Waals surface area (Å²) in [6.45, 7) is 0.595. The number of amides is 2. The van der Waals surface area contributed by atoms with Crippen LogP contribution in [0.15, 0.2) is 46.3 Å². The second-order valence-electron chi connectivity index (χ2n) is 6.65. The van der Waals surface area contributed by atoms with Crippen molar-refractivity contribution in [3.05, 3.63) is 69.2 Å². The van der Waals surface area contributed by atoms with Crippen LogP contribution in [0.4, 0.5) is 0 Å². The summed E-state index contributed by atoms with van der Waals surface area (Å²) in [5.74, 6) is 0.314. The maximum atomic E-state index is 13.5. The first-order valence-corrected chi connectivity index (χ1v) is 10.1. The fourth-order valence-corrected chi connectivity index (χ4v) is 4.00. The van der Waals surface area contributed by atoms with Crippen molar-refractivity contribution in [1.29, 1.82) is 0 Å². The van der Waals surface area contributed by atoms with Crippen LogP contribution in [-0.2, 0) is 17.8 Å². The number of ether oxygens (including phenoxy) is 1. The number of nitrogens with one attached hydrogen (secondary N) is 1. The molecule has 0 radical (unpaired) electrons. The Morgan fingerprint density at radius 3 is 2.77 bits per heavy atom. The van der Waals surface area contributed by atoms with E-state index in [1.54, 1.807) is 17.5 Å². The van der Waals surface area contributed by atoms with Gasteiger partial charge in [0, 0.05) is 29.0 Å². The fraction of sp³-hybridized carbons (Fsp3) is 0.190. The van der Waals surface area contributed by atoms with Gasteiger partial charge >= 0.3 is 0 Å². The molecule has 0 spiro atoms. The molecule has 0 unspecified atom stereocenters. The Balaban J connectivity index is 1.67. The molecule has 3 heterocycles. The van der Waals surface area contributed by atoms with Gasteiger partial charge in [-0.1, -0.05) is 23.4 Å². The largest absolute Gasteiger partial charge is 0.497 e. The van der Waals surface area contributed by atoms with E-state index in [0.717, 1.165) is 10.4 Å². The summed E-state index contributed by atoms with van der Waals surface area (Å²) in [4.78, 5) is 27.9. The predicted molar refractivity (Wildman–Crippen MR) is 110 cm³/mol. The Morgan fingerprint density at radius 1 is 1.30 bits per heavy atom. The number of hydroxylamine groups is 1. The van der Waals surface area contributed by atoms with E-state index in [-0.39, 0.29) is 18.1 Å². The first-order chi connectivity index (χ1) is 14.6. The van der Waals surface area contributed by atoms with Gasteiger partial charge in [0.05, 0.1) is 13.7 Å². The van der Waals surface area contributed by atoms with Crippen molar-refractivity contribution in [3.8, 4) is 5.75 Å². The number of hydrogen-bond acceptors (Lipinski definition) is 7. The smallest absolute Gasteiger partial charge is 0.297 e. The molecule has 1 aliphatic rings. The van der Waals surface area contributed by atoms with E-state index in [0.29, 0.717) is 35.6 Å². The Bertz CT molecular complexity index is 1090. The summed E-state index contributed by atoms with van der Waals surface area (Å²) in [6.07, 6.45) is 2.29. The van der Waals surface area contributed by atoms with E-state index in [1.807, 2.05) is 47.9 Å². The van der Waals surface area contributed by atoms with Crippen LogP contribution in [-0.4, -0.2) is 40.7 Å². The monoisotopic (exact) mass is 425 g/mol. The normalized spacial score (nSPS) is 13.7. The van der Waals surface area contributed by atoms with Crippen molar-refractivity contribution < 1.29 is 24.1 Å². The highest BCUT2D eigenvalue weighted by Crippen LogP contribution is 2.29. The molecule has 8 nitrogen and oxygen atoms in total. The molecule has 3 aromatic rings. The van der Waals surface area contributed by atoms with Crippen LogP contribution in [0.2, 0.25) is 0 Å². The molecule has 0 atom stereocenters. The van der Waals surface area contributed by atoms with Gasteiger partial charge in [0.15, 0.2) is 5.69 Å². The third-order valence-electron chi connectivity index (χ3n) is 4.89. The van der Waals surface area contributed by atoms with Crippen molar-refractivity contribution in [2.24, 2.45) is 0 Å². The first kappa shape index (κ1) is 19.9. The summed E-state index contributed by atoms with van der Waals surface area (Å²) in [5.41, 5.74) is 3.35. The molecule has 30 heavy (non-hydrogen) atoms. The van der Waals surface area contributed by atoms with Crippen LogP contribution in [0.5, 0.6) is 5.75 Å². The zero-order chi connectivity index (χ0) is 21.1. The highest BCUT2D eigenvalue weighted by Gasteiger charge is 2.31. The number of thiophene rings is 1. The van der Waals surface area contributed by atoms with Gasteiger partial charge in [-0.05, 0) is 35.2 Å². The number of hydrogen-bond donors (Lipinski definition) is 2. The van der Waals surface area contributed by atoms with Gasteiger partial charge < -0.3 is 14.2 Å². The van der Waals surface area contributed by atoms with Crippen LogP contribution >= 0.6 is 11.3 Å². The molecule has 4 rings (SSSR count). The van der Waals surface area contributed by atoms with E-state index in [9.17, 15) is 9.59 Å². The van der Waals surface area contributed by atoms with Gasteiger partial charge in [0.1, 0.15) is 11.5 Å². The number of nitrogens with zero attached hydrogens (tertiary/aromatic N) is 2. The molecular weight excluding hydrogens is 406 g/mol. The minimum Gasteiger partial charge on any atom is -0.497 e. The molecule has 0 aliphatic carbocycles. The Labute approximate surface area is 176 Å². The summed E-state index contributed by atoms with van der Waals surface area (Å²) in [7, 11) is 1.59. The Morgan fingerprint density at radius 2 is 2.10 bits per heavy atom. The van der Waals surface area contributed by atoms with E-state index in [2.05, 4.69) is 5.16 Å². The average molecular weight is 425 g/mol. The highest BCUT2D eigenvalue weighted by molar-refractivity contribution is 7.11. The standard InChI is InChI=1S/C21H19N3O5S/c1-28-14-6-4-13(5-7-14)16(11-15-3-2-10-30-15)21(26)24-9-8-18-17(12-24)19(23-29-18)20(25)22-27/h2-7,10-11,27H,8-9,12H2,1H3,(H,22,25)/b16-11-. The second-order valence-corrected chi connectivity index (χ2v) is 7.63. The third kappa shape index (κ3) is 3.85. The SMILES string of the molecule is COc1ccc(/C(=C/c2cccs2)C(=O)N2CCc3onc(C(=O)NO)c3C2)cc1. The lowest BCUT2D eigenvalue weighted by molar-refractivity contribution is -0.125. The summed E-state index contributed by atoms with van der Waals surface area (Å²) < 4.78 is 10.4. The lowest BCUT2D eigenvalue weighted by Gasteiger charge is -2.27. The van der Waals surface area contributed by atoms with Crippen LogP contribution in [0.3, 0.4) is 0 Å². The summed E-state index contributed by atoms with van der Waals surface area (Å²) in [5, 5.41) is 14.6. The topological polar surface area (TPSA) is 105 Å². The van der Waals surface area contributed by atoms with Gasteiger partial charge in [-0.25, -0.2) is 5.48 Å². The van der Waals surface area contributed by atoms with Crippen LogP contribution < -0.4 is 10.2 Å². The first-order valence-electron chi connectivity index (χ1n) is 9.21. The molecule has 0 saturated carbocycles. The number of fused-ring (bicyclic) bond motifs is 1. The molecule has 0 saturated heterocycles. The molecule has 2 amide bonds. The number of carbonyl (C=O) groups is 2. The summed E-state index contributed by atoms with van der Waals surface area (Å²) >= 11 is 1.54. The third-order valence-corrected chi connectivity index (χ3v) is 5.71. The number of aromatic nitrogens is 1. The molecule has 9 heteroatoms. The molecule has 1 aromatic carbocycles. The van der Waals surface area contributed by atoms with Crippen LogP contribution in [0, 0.1) is 0 Å².